The molecular weight excluding hydrogens is 419 g/mol. The van der Waals surface area contributed by atoms with Gasteiger partial charge in [0.2, 0.25) is 0 Å². The Morgan fingerprint density at radius 2 is 1.65 bits per heavy atom. The van der Waals surface area contributed by atoms with Gasteiger partial charge in [-0.2, -0.15) is 0 Å². The second-order valence-corrected chi connectivity index (χ2v) is 8.96. The van der Waals surface area contributed by atoms with E-state index in [0.29, 0.717) is 5.56 Å². The number of aryl methyl sites for hydroxylation is 1. The molecule has 8 nitrogen and oxygen atoms in total. The van der Waals surface area contributed by atoms with Gasteiger partial charge in [-0.1, -0.05) is 60.2 Å². The topological polar surface area (TPSA) is 103 Å². The van der Waals surface area contributed by atoms with E-state index in [1.54, 1.807) is 26.0 Å². The van der Waals surface area contributed by atoms with Crippen molar-refractivity contribution < 1.29 is 28.2 Å². The quantitative estimate of drug-likeness (QED) is 0.390. The summed E-state index contributed by atoms with van der Waals surface area (Å²) < 4.78 is 29.4. The summed E-state index contributed by atoms with van der Waals surface area (Å²) in [6.07, 6.45) is -0.757. The van der Waals surface area contributed by atoms with E-state index >= 15 is 0 Å². The molecule has 0 aromatic heterocycles. The van der Waals surface area contributed by atoms with Crippen LogP contribution in [0.3, 0.4) is 0 Å². The Labute approximate surface area is 182 Å². The minimum absolute atomic E-state index is 0.0580. The maximum Gasteiger partial charge on any atom is 0.408 e. The number of hydrogen-bond donors (Lipinski definition) is 2. The molecule has 0 heterocycles. The van der Waals surface area contributed by atoms with Crippen LogP contribution < -0.4 is 10.4 Å². The number of alkyl carbamates (subject to hydrolysis) is 1. The molecule has 0 aliphatic carbocycles. The molecule has 0 radical (unpaired) electrons. The molecule has 0 fully saturated rings. The summed E-state index contributed by atoms with van der Waals surface area (Å²) in [6.45, 7) is 5.32. The number of rotatable bonds is 11. The van der Waals surface area contributed by atoms with Gasteiger partial charge < -0.3 is 19.3 Å². The highest BCUT2D eigenvalue weighted by Crippen LogP contribution is 2.55. The van der Waals surface area contributed by atoms with Crippen LogP contribution in [0.25, 0.3) is 0 Å². The molecule has 9 heteroatoms. The Kier molecular flexibility index (Phi) is 9.72. The Hall–Kier alpha value is -2.67. The van der Waals surface area contributed by atoms with Crippen LogP contribution in [0.1, 0.15) is 36.3 Å². The zero-order valence-electron chi connectivity index (χ0n) is 18.0. The predicted molar refractivity (Wildman–Crippen MR) is 118 cm³/mol. The van der Waals surface area contributed by atoms with Crippen molar-refractivity contribution in [2.45, 2.75) is 33.2 Å². The Balaban J connectivity index is 2.22. The Bertz CT molecular complexity index is 889. The lowest BCUT2D eigenvalue weighted by Crippen LogP contribution is -2.35. The Morgan fingerprint density at radius 1 is 0.968 bits per heavy atom. The number of amides is 1. The third-order valence-corrected chi connectivity index (χ3v) is 6.62. The predicted octanol–water partition coefficient (Wildman–Crippen LogP) is 4.30. The fraction of sp³-hybridized carbons (Fsp3) is 0.364. The van der Waals surface area contributed by atoms with Crippen LogP contribution in [-0.2, 0) is 30.0 Å². The SMILES string of the molecule is CCOC(=O)CN[P@](=O)(OCC)[C@H](NC(=O)OCc1ccccc1)c1ccc(C)cc1. The first kappa shape index (κ1) is 24.6. The summed E-state index contributed by atoms with van der Waals surface area (Å²) in [5, 5.41) is 5.30. The van der Waals surface area contributed by atoms with Crippen LogP contribution in [0, 0.1) is 6.92 Å². The third-order valence-electron chi connectivity index (χ3n) is 4.27. The molecule has 0 unspecified atom stereocenters. The molecule has 0 aliphatic heterocycles. The first-order chi connectivity index (χ1) is 14.9. The molecule has 2 aromatic rings. The summed E-state index contributed by atoms with van der Waals surface area (Å²) in [4.78, 5) is 24.3. The monoisotopic (exact) mass is 448 g/mol. The molecular formula is C22H29N2O6P. The lowest BCUT2D eigenvalue weighted by molar-refractivity contribution is -0.141. The van der Waals surface area contributed by atoms with Gasteiger partial charge in [-0.3, -0.25) is 9.36 Å². The van der Waals surface area contributed by atoms with Crippen LogP contribution in [0.4, 0.5) is 4.79 Å². The second kappa shape index (κ2) is 12.2. The fourth-order valence-electron chi connectivity index (χ4n) is 2.78. The van der Waals surface area contributed by atoms with Gasteiger partial charge in [-0.15, -0.1) is 0 Å². The third kappa shape index (κ3) is 7.83. The molecule has 0 bridgehead atoms. The van der Waals surface area contributed by atoms with Crippen molar-refractivity contribution in [1.82, 2.24) is 10.4 Å². The Morgan fingerprint density at radius 3 is 2.26 bits per heavy atom. The van der Waals surface area contributed by atoms with E-state index in [1.807, 2.05) is 49.4 Å². The molecule has 0 spiro atoms. The first-order valence-corrected chi connectivity index (χ1v) is 11.8. The minimum atomic E-state index is -3.76. The zero-order chi connectivity index (χ0) is 22.7. The van der Waals surface area contributed by atoms with Crippen LogP contribution in [0.2, 0.25) is 0 Å². The van der Waals surface area contributed by atoms with Gasteiger partial charge >= 0.3 is 12.1 Å². The maximum atomic E-state index is 13.7. The summed E-state index contributed by atoms with van der Waals surface area (Å²) in [7, 11) is -3.76. The van der Waals surface area contributed by atoms with Crippen molar-refractivity contribution in [2.24, 2.45) is 0 Å². The molecule has 1 amide bonds. The van der Waals surface area contributed by atoms with Gasteiger partial charge in [0.1, 0.15) is 18.9 Å². The van der Waals surface area contributed by atoms with Gasteiger partial charge in [0, 0.05) is 0 Å². The normalized spacial score (nSPS) is 13.6. The van der Waals surface area contributed by atoms with Crippen molar-refractivity contribution in [3.8, 4) is 0 Å². The van der Waals surface area contributed by atoms with Crippen molar-refractivity contribution in [1.29, 1.82) is 0 Å². The molecule has 2 aromatic carbocycles. The average Bonchev–Trinajstić information content (AvgIpc) is 2.76. The van der Waals surface area contributed by atoms with E-state index in [4.69, 9.17) is 14.0 Å². The van der Waals surface area contributed by atoms with E-state index in [1.165, 1.54) is 0 Å². The number of nitrogens with one attached hydrogen (secondary N) is 2. The lowest BCUT2D eigenvalue weighted by atomic mass is 10.1. The molecule has 0 saturated heterocycles. The summed E-state index contributed by atoms with van der Waals surface area (Å²) in [5.41, 5.74) is 2.37. The van der Waals surface area contributed by atoms with Crippen molar-refractivity contribution in [3.63, 3.8) is 0 Å². The van der Waals surface area contributed by atoms with Gasteiger partial charge in [-0.25, -0.2) is 9.88 Å². The highest BCUT2D eigenvalue weighted by Gasteiger charge is 2.37. The highest BCUT2D eigenvalue weighted by atomic mass is 31.2. The lowest BCUT2D eigenvalue weighted by Gasteiger charge is -2.28. The van der Waals surface area contributed by atoms with Gasteiger partial charge in [-0.05, 0) is 31.9 Å². The molecule has 2 N–H and O–H groups in total. The summed E-state index contributed by atoms with van der Waals surface area (Å²) in [6, 6.07) is 16.4. The standard InChI is InChI=1S/C22H29N2O6P/c1-4-28-20(25)15-23-31(27,30-5-2)21(19-13-11-17(3)12-14-19)24-22(26)29-16-18-9-7-6-8-10-18/h6-14,21H,4-5,15-16H2,1-3H3,(H,23,27)(H,24,26)/t21-,31+/m0/s1. The maximum absolute atomic E-state index is 13.7. The molecule has 0 saturated carbocycles. The molecule has 0 aliphatic rings. The van der Waals surface area contributed by atoms with Gasteiger partial charge in [0.05, 0.1) is 13.2 Å². The smallest absolute Gasteiger partial charge is 0.408 e. The fourth-order valence-corrected chi connectivity index (χ4v) is 4.78. The largest absolute Gasteiger partial charge is 0.465 e. The van der Waals surface area contributed by atoms with Gasteiger partial charge in [0.25, 0.3) is 7.52 Å². The van der Waals surface area contributed by atoms with Crippen LogP contribution in [0.5, 0.6) is 0 Å². The zero-order valence-corrected chi connectivity index (χ0v) is 18.9. The van der Waals surface area contributed by atoms with E-state index in [0.717, 1.165) is 11.1 Å². The second-order valence-electron chi connectivity index (χ2n) is 6.67. The van der Waals surface area contributed by atoms with Crippen molar-refractivity contribution in [2.75, 3.05) is 19.8 Å². The summed E-state index contributed by atoms with van der Waals surface area (Å²) >= 11 is 0. The van der Waals surface area contributed by atoms with Crippen LogP contribution >= 0.6 is 7.52 Å². The van der Waals surface area contributed by atoms with E-state index in [9.17, 15) is 14.2 Å². The van der Waals surface area contributed by atoms with E-state index in [-0.39, 0.29) is 26.4 Å². The number of benzene rings is 2. The van der Waals surface area contributed by atoms with Crippen molar-refractivity contribution in [3.05, 3.63) is 71.3 Å². The molecule has 2 rings (SSSR count). The first-order valence-electron chi connectivity index (χ1n) is 10.1. The minimum Gasteiger partial charge on any atom is -0.465 e. The highest BCUT2D eigenvalue weighted by molar-refractivity contribution is 7.57. The number of carbonyl (C=O) groups is 2. The summed E-state index contributed by atoms with van der Waals surface area (Å²) in [5.74, 6) is -1.64. The number of ether oxygens (including phenoxy) is 2. The van der Waals surface area contributed by atoms with Gasteiger partial charge in [0.15, 0.2) is 0 Å². The molecule has 31 heavy (non-hydrogen) atoms. The molecule has 2 atom stereocenters. The van der Waals surface area contributed by atoms with E-state index < -0.39 is 25.4 Å². The molecule has 168 valence electrons. The number of esters is 1. The number of carbonyl (C=O) groups excluding carboxylic acids is 2. The van der Waals surface area contributed by atoms with Crippen molar-refractivity contribution >= 4 is 19.6 Å². The van der Waals surface area contributed by atoms with Crippen LogP contribution in [0.15, 0.2) is 54.6 Å². The average molecular weight is 448 g/mol. The number of hydrogen-bond acceptors (Lipinski definition) is 6. The van der Waals surface area contributed by atoms with E-state index in [2.05, 4.69) is 10.4 Å². The van der Waals surface area contributed by atoms with Crippen LogP contribution in [-0.4, -0.2) is 31.8 Å².